The molecule has 0 unspecified atom stereocenters. The summed E-state index contributed by atoms with van der Waals surface area (Å²) < 4.78 is 0. The number of anilines is 2. The third-order valence-corrected chi connectivity index (χ3v) is 3.34. The summed E-state index contributed by atoms with van der Waals surface area (Å²) in [4.78, 5) is 23.2. The number of nitrogens with one attached hydrogen (secondary N) is 3. The summed E-state index contributed by atoms with van der Waals surface area (Å²) in [5.74, 6) is -0.200. The Hall–Kier alpha value is -2.08. The Kier molecular flexibility index (Phi) is 5.52. The molecule has 0 aliphatic heterocycles. The van der Waals surface area contributed by atoms with Crippen molar-refractivity contribution in [3.8, 4) is 0 Å². The summed E-state index contributed by atoms with van der Waals surface area (Å²) in [7, 11) is 1.54. The van der Waals surface area contributed by atoms with Crippen LogP contribution in [0.25, 0.3) is 0 Å². The van der Waals surface area contributed by atoms with Gasteiger partial charge in [0, 0.05) is 18.4 Å². The maximum Gasteiger partial charge on any atom is 0.318 e. The molecule has 0 saturated heterocycles. The van der Waals surface area contributed by atoms with E-state index in [0.29, 0.717) is 24.2 Å². The van der Waals surface area contributed by atoms with E-state index in [0.717, 1.165) is 0 Å². The van der Waals surface area contributed by atoms with Gasteiger partial charge in [0.05, 0.1) is 5.54 Å². The molecule has 0 atom stereocenters. The van der Waals surface area contributed by atoms with Crippen molar-refractivity contribution >= 4 is 23.3 Å². The quantitative estimate of drug-likeness (QED) is 0.662. The minimum absolute atomic E-state index is 0.200. The smallest absolute Gasteiger partial charge is 0.318 e. The van der Waals surface area contributed by atoms with Crippen LogP contribution in [0.5, 0.6) is 0 Å². The van der Waals surface area contributed by atoms with Crippen LogP contribution in [0.4, 0.5) is 16.2 Å². The number of amides is 3. The summed E-state index contributed by atoms with van der Waals surface area (Å²) in [5.41, 5.74) is 6.47. The number of hydrogen-bond donors (Lipinski definition) is 4. The Morgan fingerprint density at radius 1 is 1.05 bits per heavy atom. The average molecular weight is 278 g/mol. The molecule has 0 radical (unpaired) electrons. The number of carbonyl (C=O) groups is 2. The Bertz CT molecular complexity index is 467. The first-order valence-electron chi connectivity index (χ1n) is 6.64. The normalized spacial score (nSPS) is 10.8. The van der Waals surface area contributed by atoms with Gasteiger partial charge < -0.3 is 21.7 Å². The van der Waals surface area contributed by atoms with Gasteiger partial charge in [0.1, 0.15) is 0 Å². The van der Waals surface area contributed by atoms with Crippen LogP contribution in [0.2, 0.25) is 0 Å². The zero-order chi connectivity index (χ0) is 15.2. The molecule has 6 nitrogen and oxygen atoms in total. The minimum Gasteiger partial charge on any atom is -0.341 e. The van der Waals surface area contributed by atoms with Gasteiger partial charge in [-0.05, 0) is 37.1 Å². The fraction of sp³-hybridized carbons (Fsp3) is 0.429. The summed E-state index contributed by atoms with van der Waals surface area (Å²) in [6.45, 7) is 3.78. The van der Waals surface area contributed by atoms with E-state index in [9.17, 15) is 9.59 Å². The molecule has 6 heteroatoms. The van der Waals surface area contributed by atoms with Crippen LogP contribution in [-0.4, -0.2) is 24.5 Å². The zero-order valence-corrected chi connectivity index (χ0v) is 12.1. The van der Waals surface area contributed by atoms with Crippen molar-refractivity contribution in [3.63, 3.8) is 0 Å². The fourth-order valence-corrected chi connectivity index (χ4v) is 1.66. The van der Waals surface area contributed by atoms with Crippen molar-refractivity contribution in [2.45, 2.75) is 32.2 Å². The van der Waals surface area contributed by atoms with Gasteiger partial charge in [-0.1, -0.05) is 13.8 Å². The lowest BCUT2D eigenvalue weighted by Gasteiger charge is -2.25. The molecule has 0 heterocycles. The molecule has 0 aliphatic rings. The van der Waals surface area contributed by atoms with Crippen molar-refractivity contribution in [1.29, 1.82) is 0 Å². The van der Waals surface area contributed by atoms with Crippen LogP contribution in [0.15, 0.2) is 24.3 Å². The second-order valence-electron chi connectivity index (χ2n) is 4.60. The predicted molar refractivity (Wildman–Crippen MR) is 80.7 cm³/mol. The molecular weight excluding hydrogens is 256 g/mol. The van der Waals surface area contributed by atoms with Crippen LogP contribution >= 0.6 is 0 Å². The van der Waals surface area contributed by atoms with E-state index in [1.807, 2.05) is 13.8 Å². The van der Waals surface area contributed by atoms with Gasteiger partial charge in [0.2, 0.25) is 5.91 Å². The molecule has 0 aromatic heterocycles. The molecule has 3 amide bonds. The zero-order valence-electron chi connectivity index (χ0n) is 12.1. The first-order valence-corrected chi connectivity index (χ1v) is 6.64. The monoisotopic (exact) mass is 278 g/mol. The summed E-state index contributed by atoms with van der Waals surface area (Å²) in [5, 5.41) is 7.88. The molecule has 0 saturated carbocycles. The highest BCUT2D eigenvalue weighted by Crippen LogP contribution is 2.17. The topological polar surface area (TPSA) is 96.2 Å². The van der Waals surface area contributed by atoms with Crippen LogP contribution in [0.3, 0.4) is 0 Å². The molecule has 110 valence electrons. The van der Waals surface area contributed by atoms with Gasteiger partial charge in [0.25, 0.3) is 0 Å². The summed E-state index contributed by atoms with van der Waals surface area (Å²) >= 11 is 0. The first-order chi connectivity index (χ1) is 9.45. The highest BCUT2D eigenvalue weighted by Gasteiger charge is 2.29. The van der Waals surface area contributed by atoms with Gasteiger partial charge in [-0.2, -0.15) is 0 Å². The Morgan fingerprint density at radius 2 is 1.50 bits per heavy atom. The van der Waals surface area contributed by atoms with Crippen molar-refractivity contribution < 1.29 is 9.59 Å². The lowest BCUT2D eigenvalue weighted by molar-refractivity contribution is -0.121. The van der Waals surface area contributed by atoms with E-state index < -0.39 is 5.54 Å². The molecule has 5 N–H and O–H groups in total. The molecule has 0 bridgehead atoms. The maximum atomic E-state index is 12.1. The molecule has 1 rings (SSSR count). The predicted octanol–water partition coefficient (Wildman–Crippen LogP) is 1.89. The molecular formula is C14H22N4O2. The number of carbonyl (C=O) groups excluding carboxylic acids is 2. The Labute approximate surface area is 119 Å². The lowest BCUT2D eigenvalue weighted by atomic mass is 9.93. The number of urea groups is 1. The van der Waals surface area contributed by atoms with Gasteiger partial charge in [-0.25, -0.2) is 4.79 Å². The van der Waals surface area contributed by atoms with Gasteiger partial charge in [-0.3, -0.25) is 4.79 Å². The number of benzene rings is 1. The number of rotatable bonds is 5. The van der Waals surface area contributed by atoms with E-state index in [1.165, 1.54) is 0 Å². The molecule has 20 heavy (non-hydrogen) atoms. The van der Waals surface area contributed by atoms with Gasteiger partial charge >= 0.3 is 6.03 Å². The van der Waals surface area contributed by atoms with E-state index >= 15 is 0 Å². The van der Waals surface area contributed by atoms with Crippen LogP contribution < -0.4 is 21.7 Å². The Morgan fingerprint density at radius 3 is 1.90 bits per heavy atom. The van der Waals surface area contributed by atoms with E-state index in [2.05, 4.69) is 16.0 Å². The molecule has 0 spiro atoms. The Balaban J connectivity index is 2.70. The van der Waals surface area contributed by atoms with Crippen molar-refractivity contribution in [2.75, 3.05) is 17.7 Å². The first kappa shape index (κ1) is 16.0. The number of nitrogens with two attached hydrogens (primary N) is 1. The fourth-order valence-electron chi connectivity index (χ4n) is 1.66. The molecule has 0 fully saturated rings. The largest absolute Gasteiger partial charge is 0.341 e. The average Bonchev–Trinajstić information content (AvgIpc) is 2.48. The van der Waals surface area contributed by atoms with Gasteiger partial charge in [0.15, 0.2) is 0 Å². The highest BCUT2D eigenvalue weighted by molar-refractivity contribution is 5.98. The van der Waals surface area contributed by atoms with Crippen LogP contribution in [0, 0.1) is 0 Å². The molecule has 1 aromatic rings. The van der Waals surface area contributed by atoms with Gasteiger partial charge in [-0.15, -0.1) is 0 Å². The molecule has 1 aromatic carbocycles. The summed E-state index contributed by atoms with van der Waals surface area (Å²) in [6.07, 6.45) is 1.15. The number of hydrogen-bond acceptors (Lipinski definition) is 3. The summed E-state index contributed by atoms with van der Waals surface area (Å²) in [6, 6.07) is 6.56. The van der Waals surface area contributed by atoms with Crippen molar-refractivity contribution in [3.05, 3.63) is 24.3 Å². The standard InChI is InChI=1S/C14H22N4O2/c1-4-14(15,5-2)12(19)17-10-6-8-11(9-7-10)18-13(20)16-3/h6-9H,4-5,15H2,1-3H3,(H,17,19)(H2,16,18,20). The van der Waals surface area contributed by atoms with Crippen molar-refractivity contribution in [2.24, 2.45) is 5.73 Å². The van der Waals surface area contributed by atoms with E-state index in [-0.39, 0.29) is 11.9 Å². The highest BCUT2D eigenvalue weighted by atomic mass is 16.2. The molecule has 0 aliphatic carbocycles. The third kappa shape index (κ3) is 3.96. The van der Waals surface area contributed by atoms with Crippen LogP contribution in [-0.2, 0) is 4.79 Å². The van der Waals surface area contributed by atoms with E-state index in [1.54, 1.807) is 31.3 Å². The maximum absolute atomic E-state index is 12.1. The SMILES string of the molecule is CCC(N)(CC)C(=O)Nc1ccc(NC(=O)NC)cc1. The van der Waals surface area contributed by atoms with E-state index in [4.69, 9.17) is 5.73 Å². The second-order valence-corrected chi connectivity index (χ2v) is 4.60. The third-order valence-electron chi connectivity index (χ3n) is 3.34. The van der Waals surface area contributed by atoms with Crippen LogP contribution in [0.1, 0.15) is 26.7 Å². The lowest BCUT2D eigenvalue weighted by Crippen LogP contribution is -2.50. The minimum atomic E-state index is -0.848. The van der Waals surface area contributed by atoms with Crippen molar-refractivity contribution in [1.82, 2.24) is 5.32 Å². The second kappa shape index (κ2) is 6.91.